The van der Waals surface area contributed by atoms with Crippen LogP contribution in [0, 0.1) is 25.7 Å². The number of aliphatic hydroxyl groups is 2. The van der Waals surface area contributed by atoms with E-state index < -0.39 is 0 Å². The summed E-state index contributed by atoms with van der Waals surface area (Å²) in [5.41, 5.74) is 0. The van der Waals surface area contributed by atoms with Crippen molar-refractivity contribution in [2.45, 2.75) is 78.1 Å². The second-order valence-corrected chi connectivity index (χ2v) is 5.64. The fraction of sp³-hybridized carbons (Fsp3) is 0.889. The standard InChI is InChI=1S/2C7H13.2C2H6O.Ti/c2*1-7-5-3-2-4-6-7;2*1-2-3;/h2*7H,1-6H2;2*3H,2H2,1H3;/q2*-1;;;+2. The molecule has 0 aromatic heterocycles. The van der Waals surface area contributed by atoms with Crippen LogP contribution >= 0.6 is 0 Å². The molecule has 3 heteroatoms. The largest absolute Gasteiger partial charge is 2.00 e. The Labute approximate surface area is 149 Å². The van der Waals surface area contributed by atoms with E-state index >= 15 is 0 Å². The number of hydrogen-bond acceptors (Lipinski definition) is 2. The van der Waals surface area contributed by atoms with Gasteiger partial charge in [-0.3, -0.25) is 0 Å². The second-order valence-electron chi connectivity index (χ2n) is 5.64. The van der Waals surface area contributed by atoms with Gasteiger partial charge in [-0.25, -0.2) is 0 Å². The van der Waals surface area contributed by atoms with E-state index in [1.165, 1.54) is 64.2 Å². The quantitative estimate of drug-likeness (QED) is 0.494. The summed E-state index contributed by atoms with van der Waals surface area (Å²) < 4.78 is 0. The van der Waals surface area contributed by atoms with Crippen molar-refractivity contribution < 1.29 is 31.9 Å². The van der Waals surface area contributed by atoms with Gasteiger partial charge in [-0.2, -0.15) is 11.8 Å². The van der Waals surface area contributed by atoms with Crippen LogP contribution in [0.1, 0.15) is 78.1 Å². The Morgan fingerprint density at radius 2 is 0.857 bits per heavy atom. The van der Waals surface area contributed by atoms with Gasteiger partial charge in [0.1, 0.15) is 0 Å². The van der Waals surface area contributed by atoms with Gasteiger partial charge in [0.15, 0.2) is 0 Å². The first-order valence-corrected chi connectivity index (χ1v) is 8.50. The molecule has 0 atom stereocenters. The minimum absolute atomic E-state index is 0. The Morgan fingerprint density at radius 1 is 0.667 bits per heavy atom. The Bertz CT molecular complexity index is 135. The molecule has 0 saturated heterocycles. The molecule has 0 amide bonds. The van der Waals surface area contributed by atoms with Crippen LogP contribution in [0.2, 0.25) is 0 Å². The Balaban J connectivity index is -0.000000220. The zero-order valence-electron chi connectivity index (χ0n) is 14.4. The molecule has 2 saturated carbocycles. The number of hydrogen-bond donors (Lipinski definition) is 2. The van der Waals surface area contributed by atoms with Gasteiger partial charge in [0.05, 0.1) is 0 Å². The zero-order chi connectivity index (χ0) is 15.6. The van der Waals surface area contributed by atoms with Crippen LogP contribution in [0.5, 0.6) is 0 Å². The summed E-state index contributed by atoms with van der Waals surface area (Å²) in [5.74, 6) is 1.57. The third kappa shape index (κ3) is 25.9. The fourth-order valence-corrected chi connectivity index (χ4v) is 2.37. The van der Waals surface area contributed by atoms with Crippen molar-refractivity contribution in [3.8, 4) is 0 Å². The first kappa shape index (κ1) is 26.5. The van der Waals surface area contributed by atoms with Crippen molar-refractivity contribution in [2.24, 2.45) is 11.8 Å². The summed E-state index contributed by atoms with van der Waals surface area (Å²) in [4.78, 5) is 0. The van der Waals surface area contributed by atoms with Crippen LogP contribution in [0.4, 0.5) is 0 Å². The predicted molar refractivity (Wildman–Crippen MR) is 89.4 cm³/mol. The molecule has 0 unspecified atom stereocenters. The third-order valence-electron chi connectivity index (χ3n) is 3.45. The average molecular weight is 334 g/mol. The molecule has 126 valence electrons. The van der Waals surface area contributed by atoms with Gasteiger partial charge in [0.2, 0.25) is 0 Å². The molecule has 21 heavy (non-hydrogen) atoms. The molecule has 0 aliphatic heterocycles. The Kier molecular flexibility index (Phi) is 28.9. The molecule has 2 nitrogen and oxygen atoms in total. The summed E-state index contributed by atoms with van der Waals surface area (Å²) in [7, 11) is 0. The van der Waals surface area contributed by atoms with Gasteiger partial charge in [-0.05, 0) is 13.8 Å². The van der Waals surface area contributed by atoms with Gasteiger partial charge >= 0.3 is 21.7 Å². The molecule has 0 aromatic carbocycles. The molecule has 0 bridgehead atoms. The predicted octanol–water partition coefficient (Wildman–Crippen LogP) is 4.80. The molecule has 2 aliphatic carbocycles. The van der Waals surface area contributed by atoms with E-state index in [1.54, 1.807) is 13.8 Å². The van der Waals surface area contributed by atoms with Crippen molar-refractivity contribution in [1.82, 2.24) is 0 Å². The maximum absolute atomic E-state index is 7.57. The Morgan fingerprint density at radius 3 is 0.952 bits per heavy atom. The Hall–Kier alpha value is 0.634. The first-order chi connectivity index (χ1) is 9.62. The number of aliphatic hydroxyl groups excluding tert-OH is 2. The van der Waals surface area contributed by atoms with Crippen molar-refractivity contribution >= 4 is 0 Å². The summed E-state index contributed by atoms with van der Waals surface area (Å²) in [5, 5.41) is 15.1. The van der Waals surface area contributed by atoms with Crippen molar-refractivity contribution in [3.05, 3.63) is 13.8 Å². The van der Waals surface area contributed by atoms with E-state index in [2.05, 4.69) is 13.8 Å². The van der Waals surface area contributed by atoms with Gasteiger partial charge in [-0.1, -0.05) is 64.2 Å². The first-order valence-electron chi connectivity index (χ1n) is 8.50. The van der Waals surface area contributed by atoms with Gasteiger partial charge in [-0.15, -0.1) is 0 Å². The molecular weight excluding hydrogens is 296 g/mol. The normalized spacial score (nSPS) is 18.6. The molecular formula is C18H38O2Ti. The molecule has 2 N–H and O–H groups in total. The average Bonchev–Trinajstić information content (AvgIpc) is 2.43. The van der Waals surface area contributed by atoms with Crippen LogP contribution in [-0.4, -0.2) is 23.4 Å². The monoisotopic (exact) mass is 334 g/mol. The molecule has 0 aromatic rings. The molecule has 2 fully saturated rings. The molecule has 0 heterocycles. The van der Waals surface area contributed by atoms with Gasteiger partial charge in [0, 0.05) is 13.2 Å². The number of rotatable bonds is 0. The van der Waals surface area contributed by atoms with Crippen LogP contribution in [0.25, 0.3) is 0 Å². The molecule has 0 spiro atoms. The summed E-state index contributed by atoms with van der Waals surface area (Å²) in [6, 6.07) is 0. The third-order valence-corrected chi connectivity index (χ3v) is 3.45. The van der Waals surface area contributed by atoms with Crippen LogP contribution in [-0.2, 0) is 21.7 Å². The van der Waals surface area contributed by atoms with Crippen molar-refractivity contribution in [2.75, 3.05) is 13.2 Å². The topological polar surface area (TPSA) is 40.5 Å². The summed E-state index contributed by atoms with van der Waals surface area (Å²) in [6.45, 7) is 11.9. The van der Waals surface area contributed by atoms with E-state index in [-0.39, 0.29) is 34.9 Å². The van der Waals surface area contributed by atoms with E-state index in [1.807, 2.05) is 0 Å². The van der Waals surface area contributed by atoms with Crippen molar-refractivity contribution in [1.29, 1.82) is 0 Å². The van der Waals surface area contributed by atoms with Crippen LogP contribution < -0.4 is 0 Å². The van der Waals surface area contributed by atoms with E-state index in [0.717, 1.165) is 11.8 Å². The molecule has 0 radical (unpaired) electrons. The van der Waals surface area contributed by atoms with Gasteiger partial charge in [0.25, 0.3) is 0 Å². The van der Waals surface area contributed by atoms with Gasteiger partial charge < -0.3 is 24.1 Å². The van der Waals surface area contributed by atoms with Crippen LogP contribution in [0.3, 0.4) is 0 Å². The van der Waals surface area contributed by atoms with E-state index in [0.29, 0.717) is 0 Å². The van der Waals surface area contributed by atoms with Crippen molar-refractivity contribution in [3.63, 3.8) is 0 Å². The molecule has 2 aliphatic rings. The SMILES string of the molecule is CCO.CCO.[CH2-]C1CCCCC1.[CH2-]C1CCCCC1.[Ti+2]. The zero-order valence-corrected chi connectivity index (χ0v) is 16.0. The van der Waals surface area contributed by atoms with E-state index in [4.69, 9.17) is 10.2 Å². The molecule has 2 rings (SSSR count). The minimum Gasteiger partial charge on any atom is -0.397 e. The maximum Gasteiger partial charge on any atom is 2.00 e. The van der Waals surface area contributed by atoms with E-state index in [9.17, 15) is 0 Å². The van der Waals surface area contributed by atoms with Crippen LogP contribution in [0.15, 0.2) is 0 Å². The second kappa shape index (κ2) is 22.9. The summed E-state index contributed by atoms with van der Waals surface area (Å²) >= 11 is 0. The maximum atomic E-state index is 7.57. The minimum atomic E-state index is 0. The summed E-state index contributed by atoms with van der Waals surface area (Å²) in [6.07, 6.45) is 14.1. The smallest absolute Gasteiger partial charge is 0.397 e. The fourth-order valence-electron chi connectivity index (χ4n) is 2.37.